The minimum absolute atomic E-state index is 0.343. The monoisotopic (exact) mass is 563 g/mol. The zero-order chi connectivity index (χ0) is 27.0. The van der Waals surface area contributed by atoms with Crippen LogP contribution in [0.5, 0.6) is 0 Å². The highest BCUT2D eigenvalue weighted by molar-refractivity contribution is 7.15. The third-order valence-electron chi connectivity index (χ3n) is 6.86. The van der Waals surface area contributed by atoms with Crippen LogP contribution in [-0.2, 0) is 19.3 Å². The van der Waals surface area contributed by atoms with Gasteiger partial charge < -0.3 is 10.4 Å². The van der Waals surface area contributed by atoms with Gasteiger partial charge in [-0.25, -0.2) is 9.98 Å². The highest BCUT2D eigenvalue weighted by Gasteiger charge is 2.30. The van der Waals surface area contributed by atoms with Crippen molar-refractivity contribution in [2.75, 3.05) is 5.32 Å². The molecule has 2 N–H and O–H groups in total. The summed E-state index contributed by atoms with van der Waals surface area (Å²) in [5.74, 6) is 0.781. The summed E-state index contributed by atoms with van der Waals surface area (Å²) in [6, 6.07) is 0. The van der Waals surface area contributed by atoms with Gasteiger partial charge in [0.2, 0.25) is 10.3 Å². The Kier molecular flexibility index (Phi) is 9.27. The second-order valence-corrected chi connectivity index (χ2v) is 11.7. The fourth-order valence-electron chi connectivity index (χ4n) is 4.92. The summed E-state index contributed by atoms with van der Waals surface area (Å²) in [4.78, 5) is 28.1. The van der Waals surface area contributed by atoms with Gasteiger partial charge in [-0.1, -0.05) is 42.9 Å². The first kappa shape index (κ1) is 27.4. The van der Waals surface area contributed by atoms with E-state index in [4.69, 9.17) is 9.98 Å². The van der Waals surface area contributed by atoms with Gasteiger partial charge in [0.25, 0.3) is 0 Å². The molecule has 1 aliphatic rings. The Hall–Kier alpha value is -3.22. The van der Waals surface area contributed by atoms with Crippen LogP contribution >= 0.6 is 22.7 Å². The van der Waals surface area contributed by atoms with Crippen molar-refractivity contribution in [2.24, 2.45) is 4.99 Å². The van der Waals surface area contributed by atoms with Crippen LogP contribution in [0.15, 0.2) is 42.2 Å². The van der Waals surface area contributed by atoms with Crippen molar-refractivity contribution in [3.05, 3.63) is 64.1 Å². The molecular formula is C27H33N9OS2. The lowest BCUT2D eigenvalue weighted by molar-refractivity contribution is 0.202. The maximum atomic E-state index is 10.4. The highest BCUT2D eigenvalue weighted by Crippen LogP contribution is 2.46. The largest absolute Gasteiger partial charge is 0.373 e. The number of rotatable bonds is 11. The van der Waals surface area contributed by atoms with Crippen molar-refractivity contribution in [3.63, 3.8) is 0 Å². The normalized spacial score (nSPS) is 18.7. The number of aliphatic imine (C=N–C) groups is 1. The molecule has 0 saturated heterocycles. The number of hydrogen-bond acceptors (Lipinski definition) is 12. The van der Waals surface area contributed by atoms with Gasteiger partial charge in [-0.15, -0.1) is 10.2 Å². The van der Waals surface area contributed by atoms with Gasteiger partial charge in [0.05, 0.1) is 17.1 Å². The lowest BCUT2D eigenvalue weighted by Crippen LogP contribution is -2.21. The first-order valence-corrected chi connectivity index (χ1v) is 15.1. The molecule has 3 atom stereocenters. The summed E-state index contributed by atoms with van der Waals surface area (Å²) in [6.45, 7) is 4.29. The van der Waals surface area contributed by atoms with Crippen LogP contribution in [0.2, 0.25) is 0 Å². The Bertz CT molecular complexity index is 1360. The summed E-state index contributed by atoms with van der Waals surface area (Å²) in [6.07, 6.45) is 16.5. The lowest BCUT2D eigenvalue weighted by atomic mass is 9.80. The van der Waals surface area contributed by atoms with E-state index in [1.165, 1.54) is 16.2 Å². The van der Waals surface area contributed by atoms with Crippen molar-refractivity contribution in [1.82, 2.24) is 35.1 Å². The van der Waals surface area contributed by atoms with Gasteiger partial charge in [-0.2, -0.15) is 0 Å². The van der Waals surface area contributed by atoms with Crippen molar-refractivity contribution in [2.45, 2.75) is 83.3 Å². The first-order valence-electron chi connectivity index (χ1n) is 13.4. The molecule has 4 aromatic heterocycles. The average Bonchev–Trinajstić information content (AvgIpc) is 3.61. The first-order chi connectivity index (χ1) is 19.1. The van der Waals surface area contributed by atoms with E-state index in [1.807, 2.05) is 0 Å². The van der Waals surface area contributed by atoms with Crippen molar-refractivity contribution < 1.29 is 5.11 Å². The van der Waals surface area contributed by atoms with Gasteiger partial charge in [-0.3, -0.25) is 19.9 Å². The predicted molar refractivity (Wildman–Crippen MR) is 154 cm³/mol. The Labute approximate surface area is 236 Å². The molecule has 0 radical (unpaired) electrons. The lowest BCUT2D eigenvalue weighted by Gasteiger charge is -2.27. The molecule has 0 aliphatic heterocycles. The van der Waals surface area contributed by atoms with Crippen LogP contribution in [0.4, 0.5) is 10.3 Å². The summed E-state index contributed by atoms with van der Waals surface area (Å²) in [7, 11) is 0. The van der Waals surface area contributed by atoms with E-state index in [9.17, 15) is 5.11 Å². The molecule has 0 bridgehead atoms. The fourth-order valence-corrected chi connectivity index (χ4v) is 7.07. The van der Waals surface area contributed by atoms with Gasteiger partial charge in [0, 0.05) is 66.5 Å². The number of nitrogens with zero attached hydrogens (tertiary/aromatic N) is 8. The summed E-state index contributed by atoms with van der Waals surface area (Å²) >= 11 is 3.26. The van der Waals surface area contributed by atoms with Gasteiger partial charge in [-0.05, 0) is 38.0 Å². The second-order valence-electron chi connectivity index (χ2n) is 9.63. The van der Waals surface area contributed by atoms with Gasteiger partial charge >= 0.3 is 0 Å². The van der Waals surface area contributed by atoms with Crippen LogP contribution < -0.4 is 5.32 Å². The van der Waals surface area contributed by atoms with Gasteiger partial charge in [0.15, 0.2) is 0 Å². The maximum Gasteiger partial charge on any atom is 0.209 e. The van der Waals surface area contributed by atoms with Crippen molar-refractivity contribution in [3.8, 4) is 0 Å². The number of aromatic nitrogens is 7. The third kappa shape index (κ3) is 7.25. The maximum absolute atomic E-state index is 10.4. The highest BCUT2D eigenvalue weighted by atomic mass is 32.1. The number of thiazole rings is 1. The van der Waals surface area contributed by atoms with Crippen LogP contribution in [0.1, 0.15) is 84.8 Å². The molecule has 5 rings (SSSR count). The number of aliphatic hydroxyl groups excluding tert-OH is 1. The van der Waals surface area contributed by atoms with E-state index < -0.39 is 6.23 Å². The minimum Gasteiger partial charge on any atom is -0.373 e. The smallest absolute Gasteiger partial charge is 0.209 e. The molecule has 3 unspecified atom stereocenters. The molecule has 0 aromatic carbocycles. The molecule has 4 heterocycles. The SMILES string of the molecule is CCC(Cc1cnccn1)=Nc1nc(CC)c(C2CCCC(c3nnc(NC(O)Cc4cnccn4)s3)C2)s1. The number of hydrogen-bond donors (Lipinski definition) is 2. The van der Waals surface area contributed by atoms with E-state index in [0.717, 1.165) is 71.5 Å². The number of anilines is 1. The average molecular weight is 564 g/mol. The summed E-state index contributed by atoms with van der Waals surface area (Å²) in [5, 5.41) is 24.8. The molecular weight excluding hydrogens is 530 g/mol. The molecule has 12 heteroatoms. The molecule has 10 nitrogen and oxygen atoms in total. The van der Waals surface area contributed by atoms with Crippen molar-refractivity contribution >= 4 is 38.6 Å². The van der Waals surface area contributed by atoms with Crippen LogP contribution in [0.3, 0.4) is 0 Å². The number of aryl methyl sites for hydroxylation is 1. The van der Waals surface area contributed by atoms with Crippen LogP contribution in [-0.4, -0.2) is 52.2 Å². The van der Waals surface area contributed by atoms with Crippen LogP contribution in [0.25, 0.3) is 0 Å². The van der Waals surface area contributed by atoms with Crippen LogP contribution in [0, 0.1) is 0 Å². The number of aliphatic hydroxyl groups is 1. The zero-order valence-electron chi connectivity index (χ0n) is 22.2. The van der Waals surface area contributed by atoms with E-state index in [1.54, 1.807) is 48.5 Å². The summed E-state index contributed by atoms with van der Waals surface area (Å²) in [5.41, 5.74) is 3.87. The summed E-state index contributed by atoms with van der Waals surface area (Å²) < 4.78 is 0. The molecule has 1 saturated carbocycles. The van der Waals surface area contributed by atoms with Gasteiger partial charge in [0.1, 0.15) is 11.2 Å². The Balaban J connectivity index is 1.25. The molecule has 204 valence electrons. The number of nitrogens with one attached hydrogen (secondary N) is 1. The molecule has 4 aromatic rings. The van der Waals surface area contributed by atoms with E-state index in [-0.39, 0.29) is 0 Å². The molecule has 0 amide bonds. The Morgan fingerprint density at radius 3 is 2.51 bits per heavy atom. The standard InChI is InChI=1S/C27H33N9OS2/c1-3-19(13-20-15-28-8-10-30-20)32-26-33-22(4-2)24(38-26)17-6-5-7-18(12-17)25-35-36-27(39-25)34-23(37)14-21-16-29-9-11-31-21/h8-11,15-18,23,37H,3-7,12-14H2,1-2H3,(H,34,36). The topological polar surface area (TPSA) is 135 Å². The Morgan fingerprint density at radius 1 is 1.03 bits per heavy atom. The molecule has 1 fully saturated rings. The molecule has 1 aliphatic carbocycles. The van der Waals surface area contributed by atoms with E-state index >= 15 is 0 Å². The predicted octanol–water partition coefficient (Wildman–Crippen LogP) is 5.28. The van der Waals surface area contributed by atoms with E-state index in [0.29, 0.717) is 29.8 Å². The van der Waals surface area contributed by atoms with E-state index in [2.05, 4.69) is 49.3 Å². The third-order valence-corrected chi connectivity index (χ3v) is 9.03. The fraction of sp³-hybridized carbons (Fsp3) is 0.481. The Morgan fingerprint density at radius 2 is 1.79 bits per heavy atom. The quantitative estimate of drug-likeness (QED) is 0.185. The molecule has 0 spiro atoms. The zero-order valence-corrected chi connectivity index (χ0v) is 23.8. The second kappa shape index (κ2) is 13.2. The minimum atomic E-state index is -0.799. The van der Waals surface area contributed by atoms with Crippen molar-refractivity contribution in [1.29, 1.82) is 0 Å². The molecule has 39 heavy (non-hydrogen) atoms.